The van der Waals surface area contributed by atoms with Crippen LogP contribution in [0.4, 0.5) is 9.93 Å². The summed E-state index contributed by atoms with van der Waals surface area (Å²) in [5.74, 6) is 1.10. The first-order valence-electron chi connectivity index (χ1n) is 9.97. The lowest BCUT2D eigenvalue weighted by Crippen LogP contribution is -2.43. The molecule has 2 fully saturated rings. The fourth-order valence-electron chi connectivity index (χ4n) is 3.84. The number of hydrogen-bond acceptors (Lipinski definition) is 8. The van der Waals surface area contributed by atoms with Crippen LogP contribution >= 0.6 is 11.3 Å². The number of hydrogen-bond donors (Lipinski definition) is 2. The molecule has 1 amide bonds. The van der Waals surface area contributed by atoms with E-state index in [9.17, 15) is 9.90 Å². The SMILES string of the molecule is COc1ccc(C2CCOCC2)c2sc(NC(=O)ON3CCC(C)(O)CC3)nc12. The van der Waals surface area contributed by atoms with E-state index in [1.807, 2.05) is 6.07 Å². The number of amides is 1. The van der Waals surface area contributed by atoms with Crippen LogP contribution in [-0.2, 0) is 9.57 Å². The molecule has 4 rings (SSSR count). The second-order valence-corrected chi connectivity index (χ2v) is 8.87. The molecule has 0 saturated carbocycles. The highest BCUT2D eigenvalue weighted by Gasteiger charge is 2.29. The highest BCUT2D eigenvalue weighted by atomic mass is 32.1. The second kappa shape index (κ2) is 8.43. The summed E-state index contributed by atoms with van der Waals surface area (Å²) >= 11 is 1.43. The Morgan fingerprint density at radius 2 is 2.07 bits per heavy atom. The van der Waals surface area contributed by atoms with Crippen LogP contribution in [0.3, 0.4) is 0 Å². The Kier molecular flexibility index (Phi) is 5.91. The van der Waals surface area contributed by atoms with Gasteiger partial charge in [0.15, 0.2) is 5.13 Å². The van der Waals surface area contributed by atoms with Crippen LogP contribution in [-0.4, -0.2) is 60.3 Å². The van der Waals surface area contributed by atoms with Crippen LogP contribution in [0.15, 0.2) is 12.1 Å². The van der Waals surface area contributed by atoms with Gasteiger partial charge in [-0.1, -0.05) is 17.4 Å². The van der Waals surface area contributed by atoms with Crippen molar-refractivity contribution in [1.82, 2.24) is 10.0 Å². The predicted octanol–water partition coefficient (Wildman–Crippen LogP) is 3.51. The minimum Gasteiger partial charge on any atom is -0.494 e. The number of fused-ring (bicyclic) bond motifs is 1. The van der Waals surface area contributed by atoms with E-state index in [1.54, 1.807) is 19.1 Å². The van der Waals surface area contributed by atoms with Crippen molar-refractivity contribution in [2.24, 2.45) is 0 Å². The average molecular weight is 422 g/mol. The summed E-state index contributed by atoms with van der Waals surface area (Å²) in [4.78, 5) is 22.3. The molecule has 2 aliphatic heterocycles. The molecule has 1 aromatic carbocycles. The summed E-state index contributed by atoms with van der Waals surface area (Å²) in [6.07, 6.45) is 2.50. The first-order chi connectivity index (χ1) is 13.9. The monoisotopic (exact) mass is 421 g/mol. The number of anilines is 1. The summed E-state index contributed by atoms with van der Waals surface area (Å²) < 4.78 is 12.0. The molecular weight excluding hydrogens is 394 g/mol. The Morgan fingerprint density at radius 1 is 1.34 bits per heavy atom. The number of aromatic nitrogens is 1. The number of aliphatic hydroxyl groups is 1. The van der Waals surface area contributed by atoms with Crippen molar-refractivity contribution in [2.45, 2.75) is 44.1 Å². The van der Waals surface area contributed by atoms with E-state index in [4.69, 9.17) is 14.3 Å². The van der Waals surface area contributed by atoms with Crippen LogP contribution < -0.4 is 10.1 Å². The van der Waals surface area contributed by atoms with E-state index < -0.39 is 11.7 Å². The summed E-state index contributed by atoms with van der Waals surface area (Å²) in [5, 5.41) is 14.8. The topological polar surface area (TPSA) is 93.2 Å². The number of nitrogens with one attached hydrogen (secondary N) is 1. The predicted molar refractivity (Wildman–Crippen MR) is 111 cm³/mol. The second-order valence-electron chi connectivity index (χ2n) is 7.87. The Morgan fingerprint density at radius 3 is 2.76 bits per heavy atom. The normalized spacial score (nSPS) is 20.5. The van der Waals surface area contributed by atoms with Crippen molar-refractivity contribution >= 4 is 32.8 Å². The Balaban J connectivity index is 1.49. The fourth-order valence-corrected chi connectivity index (χ4v) is 4.90. The minimum atomic E-state index is -0.694. The molecule has 2 aromatic rings. The molecule has 0 spiro atoms. The summed E-state index contributed by atoms with van der Waals surface area (Å²) in [6.45, 7) is 4.33. The maximum Gasteiger partial charge on any atom is 0.432 e. The number of nitrogens with zero attached hydrogens (tertiary/aromatic N) is 2. The van der Waals surface area contributed by atoms with Gasteiger partial charge in [0, 0.05) is 26.3 Å². The molecule has 8 nitrogen and oxygen atoms in total. The molecule has 2 N–H and O–H groups in total. The first-order valence-corrected chi connectivity index (χ1v) is 10.8. The van der Waals surface area contributed by atoms with Crippen LogP contribution in [0.1, 0.15) is 44.1 Å². The number of rotatable bonds is 4. The van der Waals surface area contributed by atoms with Crippen LogP contribution in [0.25, 0.3) is 10.2 Å². The van der Waals surface area contributed by atoms with Gasteiger partial charge in [-0.2, -0.15) is 0 Å². The van der Waals surface area contributed by atoms with Gasteiger partial charge in [0.25, 0.3) is 0 Å². The van der Waals surface area contributed by atoms with Gasteiger partial charge in [-0.05, 0) is 50.2 Å². The van der Waals surface area contributed by atoms with Gasteiger partial charge < -0.3 is 19.4 Å². The lowest BCUT2D eigenvalue weighted by molar-refractivity contribution is -0.141. The summed E-state index contributed by atoms with van der Waals surface area (Å²) in [5.41, 5.74) is 1.28. The number of carbonyl (C=O) groups is 1. The van der Waals surface area contributed by atoms with Gasteiger partial charge in [-0.25, -0.2) is 9.78 Å². The van der Waals surface area contributed by atoms with Gasteiger partial charge in [0.05, 0.1) is 17.4 Å². The third kappa shape index (κ3) is 4.63. The van der Waals surface area contributed by atoms with E-state index in [0.29, 0.717) is 42.7 Å². The van der Waals surface area contributed by atoms with Gasteiger partial charge in [-0.15, -0.1) is 5.06 Å². The van der Waals surface area contributed by atoms with Crippen molar-refractivity contribution in [2.75, 3.05) is 38.7 Å². The number of thiazole rings is 1. The quantitative estimate of drug-likeness (QED) is 0.780. The van der Waals surface area contributed by atoms with E-state index >= 15 is 0 Å². The van der Waals surface area contributed by atoms with E-state index in [-0.39, 0.29) is 0 Å². The van der Waals surface area contributed by atoms with Gasteiger partial charge >= 0.3 is 6.09 Å². The smallest absolute Gasteiger partial charge is 0.432 e. The van der Waals surface area contributed by atoms with Crippen molar-refractivity contribution < 1.29 is 24.2 Å². The van der Waals surface area contributed by atoms with Crippen LogP contribution in [0.2, 0.25) is 0 Å². The third-order valence-electron chi connectivity index (χ3n) is 5.64. The average Bonchev–Trinajstić information content (AvgIpc) is 3.13. The molecule has 0 bridgehead atoms. The minimum absolute atomic E-state index is 0.415. The molecule has 9 heteroatoms. The molecule has 2 saturated heterocycles. The highest BCUT2D eigenvalue weighted by molar-refractivity contribution is 7.22. The molecule has 0 unspecified atom stereocenters. The molecule has 1 aromatic heterocycles. The van der Waals surface area contributed by atoms with E-state index in [2.05, 4.69) is 16.4 Å². The molecule has 29 heavy (non-hydrogen) atoms. The molecule has 0 aliphatic carbocycles. The molecular formula is C20H27N3O5S. The Bertz CT molecular complexity index is 868. The maximum atomic E-state index is 12.3. The van der Waals surface area contributed by atoms with E-state index in [0.717, 1.165) is 36.3 Å². The molecule has 3 heterocycles. The lowest BCUT2D eigenvalue weighted by Gasteiger charge is -2.34. The standard InChI is InChI=1S/C20H27N3O5S/c1-20(25)7-9-23(10-8-20)28-19(24)22-18-21-16-15(26-2)4-3-14(17(16)29-18)13-5-11-27-12-6-13/h3-4,13,25H,5-12H2,1-2H3,(H,21,22,24). The fraction of sp³-hybridized carbons (Fsp3) is 0.600. The molecule has 0 atom stereocenters. The van der Waals surface area contributed by atoms with Crippen molar-refractivity contribution in [3.8, 4) is 5.75 Å². The largest absolute Gasteiger partial charge is 0.494 e. The lowest BCUT2D eigenvalue weighted by atomic mass is 9.91. The zero-order valence-corrected chi connectivity index (χ0v) is 17.6. The molecule has 0 radical (unpaired) electrons. The zero-order valence-electron chi connectivity index (χ0n) is 16.8. The van der Waals surface area contributed by atoms with Gasteiger partial charge in [-0.3, -0.25) is 5.32 Å². The van der Waals surface area contributed by atoms with Gasteiger partial charge in [0.2, 0.25) is 0 Å². The number of hydroxylamine groups is 2. The van der Waals surface area contributed by atoms with Crippen molar-refractivity contribution in [3.63, 3.8) is 0 Å². The van der Waals surface area contributed by atoms with Crippen molar-refractivity contribution in [1.29, 1.82) is 0 Å². The van der Waals surface area contributed by atoms with Gasteiger partial charge in [0.1, 0.15) is 11.3 Å². The number of ether oxygens (including phenoxy) is 2. The number of methoxy groups -OCH3 is 1. The molecule has 2 aliphatic rings. The van der Waals surface area contributed by atoms with Crippen LogP contribution in [0, 0.1) is 0 Å². The summed E-state index contributed by atoms with van der Waals surface area (Å²) in [6, 6.07) is 4.03. The molecule has 158 valence electrons. The first kappa shape index (κ1) is 20.3. The maximum absolute atomic E-state index is 12.3. The Labute approximate surface area is 173 Å². The van der Waals surface area contributed by atoms with E-state index in [1.165, 1.54) is 16.9 Å². The van der Waals surface area contributed by atoms with Crippen LogP contribution in [0.5, 0.6) is 5.75 Å². The number of piperidine rings is 1. The third-order valence-corrected chi connectivity index (χ3v) is 6.66. The number of benzene rings is 1. The zero-order chi connectivity index (χ0) is 20.4. The summed E-state index contributed by atoms with van der Waals surface area (Å²) in [7, 11) is 1.62. The Hall–Kier alpha value is -1.94. The highest BCUT2D eigenvalue weighted by Crippen LogP contribution is 2.40. The van der Waals surface area contributed by atoms with Crippen molar-refractivity contribution in [3.05, 3.63) is 17.7 Å². The number of carbonyl (C=O) groups excluding carboxylic acids is 1.